The monoisotopic (exact) mass is 311 g/mol. The molecule has 2 rings (SSSR count). The van der Waals surface area contributed by atoms with Gasteiger partial charge in [0.15, 0.2) is 5.13 Å². The van der Waals surface area contributed by atoms with Crippen molar-refractivity contribution in [1.29, 1.82) is 0 Å². The van der Waals surface area contributed by atoms with Crippen LogP contribution in [0.25, 0.3) is 0 Å². The minimum atomic E-state index is 0.613. The van der Waals surface area contributed by atoms with Crippen LogP contribution in [0.4, 0.5) is 5.13 Å². The van der Waals surface area contributed by atoms with E-state index in [1.807, 2.05) is 11.3 Å². The summed E-state index contributed by atoms with van der Waals surface area (Å²) in [7, 11) is 1.75. The zero-order valence-electron chi connectivity index (χ0n) is 13.7. The number of nitrogens with zero attached hydrogens (tertiary/aromatic N) is 2. The molecule has 1 heterocycles. The Bertz CT molecular complexity index is 416. The first kappa shape index (κ1) is 16.7. The van der Waals surface area contributed by atoms with Crippen molar-refractivity contribution in [3.63, 3.8) is 0 Å². The normalized spacial score (nSPS) is 15.8. The van der Waals surface area contributed by atoms with Crippen molar-refractivity contribution in [2.75, 3.05) is 25.1 Å². The van der Waals surface area contributed by atoms with Crippen LogP contribution >= 0.6 is 11.3 Å². The van der Waals surface area contributed by atoms with E-state index in [0.717, 1.165) is 31.7 Å². The quantitative estimate of drug-likeness (QED) is 0.708. The summed E-state index contributed by atoms with van der Waals surface area (Å²) in [6, 6.07) is 0.688. The van der Waals surface area contributed by atoms with Crippen LogP contribution in [0.2, 0.25) is 0 Å². The molecule has 0 amide bonds. The Morgan fingerprint density at radius 1 is 1.33 bits per heavy atom. The molecule has 1 aliphatic rings. The standard InChI is InChI=1S/C16H29N3OS/c1-4-10-17-11-15-14(12-20-3)18-16(21-15)19(5-2)13-8-6-7-9-13/h13,17H,4-12H2,1-3H3. The average molecular weight is 311 g/mol. The van der Waals surface area contributed by atoms with Crippen LogP contribution in [-0.2, 0) is 17.9 Å². The molecule has 1 N–H and O–H groups in total. The largest absolute Gasteiger partial charge is 0.378 e. The Kier molecular flexibility index (Phi) is 6.93. The first-order chi connectivity index (χ1) is 10.3. The molecule has 120 valence electrons. The van der Waals surface area contributed by atoms with Crippen LogP contribution in [0.3, 0.4) is 0 Å². The van der Waals surface area contributed by atoms with Crippen LogP contribution in [0.5, 0.6) is 0 Å². The summed E-state index contributed by atoms with van der Waals surface area (Å²) < 4.78 is 5.32. The lowest BCUT2D eigenvalue weighted by atomic mass is 10.2. The zero-order chi connectivity index (χ0) is 15.1. The molecule has 0 saturated heterocycles. The third kappa shape index (κ3) is 4.41. The van der Waals surface area contributed by atoms with Crippen molar-refractivity contribution in [3.8, 4) is 0 Å². The average Bonchev–Trinajstić information content (AvgIpc) is 3.12. The molecule has 0 aliphatic heterocycles. The van der Waals surface area contributed by atoms with E-state index in [-0.39, 0.29) is 0 Å². The summed E-state index contributed by atoms with van der Waals surface area (Å²) in [5.41, 5.74) is 1.11. The van der Waals surface area contributed by atoms with E-state index in [1.54, 1.807) is 7.11 Å². The maximum Gasteiger partial charge on any atom is 0.186 e. The molecule has 0 aromatic carbocycles. The van der Waals surface area contributed by atoms with Gasteiger partial charge in [-0.2, -0.15) is 0 Å². The molecule has 0 atom stereocenters. The minimum absolute atomic E-state index is 0.613. The van der Waals surface area contributed by atoms with Gasteiger partial charge in [-0.3, -0.25) is 0 Å². The van der Waals surface area contributed by atoms with Crippen LogP contribution in [0.1, 0.15) is 56.5 Å². The summed E-state index contributed by atoms with van der Waals surface area (Å²) in [6.07, 6.45) is 6.52. The first-order valence-electron chi connectivity index (χ1n) is 8.25. The van der Waals surface area contributed by atoms with Crippen LogP contribution in [0, 0.1) is 0 Å². The molecule has 0 spiro atoms. The fourth-order valence-corrected chi connectivity index (χ4v) is 4.19. The SMILES string of the molecule is CCCNCc1sc(N(CC)C2CCCC2)nc1COC. The second-order valence-corrected chi connectivity index (χ2v) is 6.76. The third-order valence-electron chi connectivity index (χ3n) is 4.11. The van der Waals surface area contributed by atoms with Gasteiger partial charge in [-0.25, -0.2) is 4.98 Å². The van der Waals surface area contributed by atoms with Gasteiger partial charge >= 0.3 is 0 Å². The number of hydrogen-bond donors (Lipinski definition) is 1. The highest BCUT2D eigenvalue weighted by atomic mass is 32.1. The molecule has 1 aromatic heterocycles. The summed E-state index contributed by atoms with van der Waals surface area (Å²) in [5.74, 6) is 0. The lowest BCUT2D eigenvalue weighted by Crippen LogP contribution is -2.32. The van der Waals surface area contributed by atoms with Gasteiger partial charge in [-0.05, 0) is 32.7 Å². The predicted molar refractivity (Wildman–Crippen MR) is 90.1 cm³/mol. The second-order valence-electron chi connectivity index (χ2n) is 5.70. The Hall–Kier alpha value is -0.650. The first-order valence-corrected chi connectivity index (χ1v) is 9.06. The van der Waals surface area contributed by atoms with Gasteiger partial charge in [0.05, 0.1) is 12.3 Å². The molecular formula is C16H29N3OS. The van der Waals surface area contributed by atoms with E-state index < -0.39 is 0 Å². The maximum atomic E-state index is 5.32. The van der Waals surface area contributed by atoms with Crippen LogP contribution < -0.4 is 10.2 Å². The second kappa shape index (κ2) is 8.71. The Labute approximate surface area is 132 Å². The van der Waals surface area contributed by atoms with Crippen molar-refractivity contribution in [3.05, 3.63) is 10.6 Å². The molecule has 1 fully saturated rings. The van der Waals surface area contributed by atoms with Crippen LogP contribution in [-0.4, -0.2) is 31.2 Å². The topological polar surface area (TPSA) is 37.4 Å². The van der Waals surface area contributed by atoms with Crippen molar-refractivity contribution < 1.29 is 4.74 Å². The van der Waals surface area contributed by atoms with Gasteiger partial charge in [0.2, 0.25) is 0 Å². The number of rotatable bonds is 9. The van der Waals surface area contributed by atoms with E-state index in [4.69, 9.17) is 9.72 Å². The van der Waals surface area contributed by atoms with Crippen molar-refractivity contribution in [2.24, 2.45) is 0 Å². The van der Waals surface area contributed by atoms with Crippen LogP contribution in [0.15, 0.2) is 0 Å². The minimum Gasteiger partial charge on any atom is -0.378 e. The van der Waals surface area contributed by atoms with Gasteiger partial charge in [0.25, 0.3) is 0 Å². The van der Waals surface area contributed by atoms with E-state index in [1.165, 1.54) is 35.7 Å². The molecule has 0 unspecified atom stereocenters. The number of ether oxygens (including phenoxy) is 1. The van der Waals surface area contributed by atoms with Gasteiger partial charge in [0, 0.05) is 31.1 Å². The lowest BCUT2D eigenvalue weighted by molar-refractivity contribution is 0.181. The Morgan fingerprint density at radius 3 is 2.71 bits per heavy atom. The summed E-state index contributed by atoms with van der Waals surface area (Å²) in [5, 5.41) is 4.67. The summed E-state index contributed by atoms with van der Waals surface area (Å²) in [6.45, 7) is 8.06. The molecule has 0 radical (unpaired) electrons. The van der Waals surface area contributed by atoms with Crippen molar-refractivity contribution >= 4 is 16.5 Å². The zero-order valence-corrected chi connectivity index (χ0v) is 14.5. The van der Waals surface area contributed by atoms with E-state index in [9.17, 15) is 0 Å². The number of nitrogens with one attached hydrogen (secondary N) is 1. The summed E-state index contributed by atoms with van der Waals surface area (Å²) in [4.78, 5) is 8.70. The van der Waals surface area contributed by atoms with E-state index >= 15 is 0 Å². The number of anilines is 1. The summed E-state index contributed by atoms with van der Waals surface area (Å²) >= 11 is 1.84. The molecule has 1 aliphatic carbocycles. The number of thiazole rings is 1. The molecule has 4 nitrogen and oxygen atoms in total. The molecule has 5 heteroatoms. The van der Waals surface area contributed by atoms with Crippen molar-refractivity contribution in [2.45, 2.75) is 65.1 Å². The fraction of sp³-hybridized carbons (Fsp3) is 0.812. The van der Waals surface area contributed by atoms with Gasteiger partial charge < -0.3 is 15.0 Å². The molecular weight excluding hydrogens is 282 g/mol. The molecule has 21 heavy (non-hydrogen) atoms. The number of hydrogen-bond acceptors (Lipinski definition) is 5. The molecule has 1 aromatic rings. The Balaban J connectivity index is 2.11. The third-order valence-corrected chi connectivity index (χ3v) is 5.25. The van der Waals surface area contributed by atoms with Crippen molar-refractivity contribution in [1.82, 2.24) is 10.3 Å². The fourth-order valence-electron chi connectivity index (χ4n) is 3.02. The van der Waals surface area contributed by atoms with Gasteiger partial charge in [-0.15, -0.1) is 11.3 Å². The van der Waals surface area contributed by atoms with E-state index in [0.29, 0.717) is 12.6 Å². The lowest BCUT2D eigenvalue weighted by Gasteiger charge is -2.26. The number of methoxy groups -OCH3 is 1. The van der Waals surface area contributed by atoms with E-state index in [2.05, 4.69) is 24.1 Å². The van der Waals surface area contributed by atoms with Gasteiger partial charge in [0.1, 0.15) is 0 Å². The van der Waals surface area contributed by atoms with Gasteiger partial charge in [-0.1, -0.05) is 19.8 Å². The molecule has 1 saturated carbocycles. The highest BCUT2D eigenvalue weighted by Crippen LogP contribution is 2.33. The highest BCUT2D eigenvalue weighted by molar-refractivity contribution is 7.15. The smallest absolute Gasteiger partial charge is 0.186 e. The maximum absolute atomic E-state index is 5.32. The molecule has 0 bridgehead atoms. The Morgan fingerprint density at radius 2 is 2.10 bits per heavy atom. The highest BCUT2D eigenvalue weighted by Gasteiger charge is 2.25. The predicted octanol–water partition coefficient (Wildman–Crippen LogP) is 3.56. The number of aromatic nitrogens is 1.